The van der Waals surface area contributed by atoms with E-state index in [4.69, 9.17) is 0 Å². The molecule has 3 aromatic heterocycles. The summed E-state index contributed by atoms with van der Waals surface area (Å²) in [7, 11) is 0. The van der Waals surface area contributed by atoms with Crippen molar-refractivity contribution < 1.29 is 0 Å². The van der Waals surface area contributed by atoms with Gasteiger partial charge in [0.15, 0.2) is 5.65 Å². The fraction of sp³-hybridized carbons (Fsp3) is 0.0588. The Hall–Kier alpha value is -3.08. The molecule has 0 radical (unpaired) electrons. The van der Waals surface area contributed by atoms with Gasteiger partial charge in [-0.3, -0.25) is 0 Å². The van der Waals surface area contributed by atoms with E-state index in [-0.39, 0.29) is 0 Å². The third-order valence-electron chi connectivity index (χ3n) is 3.54. The molecule has 1 aromatic carbocycles. The maximum atomic E-state index is 4.66. The summed E-state index contributed by atoms with van der Waals surface area (Å²) < 4.78 is 1.84. The predicted octanol–water partition coefficient (Wildman–Crippen LogP) is 3.16. The molecule has 0 spiro atoms. The van der Waals surface area contributed by atoms with E-state index in [1.165, 1.54) is 6.33 Å². The summed E-state index contributed by atoms with van der Waals surface area (Å²) in [6.45, 7) is 1.98. The normalized spacial score (nSPS) is 11.0. The average molecular weight is 287 g/mol. The zero-order chi connectivity index (χ0) is 14.9. The van der Waals surface area contributed by atoms with Crippen molar-refractivity contribution in [2.24, 2.45) is 0 Å². The van der Waals surface area contributed by atoms with E-state index in [0.29, 0.717) is 0 Å². The molecule has 0 N–H and O–H groups in total. The quantitative estimate of drug-likeness (QED) is 0.568. The minimum absolute atomic E-state index is 0.838. The van der Waals surface area contributed by atoms with Crippen LogP contribution in [0.1, 0.15) is 5.69 Å². The van der Waals surface area contributed by atoms with Gasteiger partial charge < -0.3 is 0 Å². The number of aryl methyl sites for hydroxylation is 1. The molecule has 106 valence electrons. The standard InChI is InChI=1S/C17H13N5/c1-12-7-16(14-8-18-11-19-9-14)22-17(21-12)15(10-20-22)13-5-3-2-4-6-13/h2-11H,1H3. The number of hydrogen-bond acceptors (Lipinski definition) is 4. The molecule has 4 rings (SSSR count). The topological polar surface area (TPSA) is 56.0 Å². The van der Waals surface area contributed by atoms with E-state index < -0.39 is 0 Å². The van der Waals surface area contributed by atoms with E-state index >= 15 is 0 Å². The molecule has 0 atom stereocenters. The van der Waals surface area contributed by atoms with E-state index in [1.54, 1.807) is 12.4 Å². The molecule has 0 unspecified atom stereocenters. The second-order valence-corrected chi connectivity index (χ2v) is 5.07. The molecule has 0 saturated heterocycles. The van der Waals surface area contributed by atoms with Crippen molar-refractivity contribution in [3.63, 3.8) is 0 Å². The zero-order valence-corrected chi connectivity index (χ0v) is 12.0. The number of rotatable bonds is 2. The molecule has 4 aromatic rings. The van der Waals surface area contributed by atoms with Gasteiger partial charge in [-0.1, -0.05) is 30.3 Å². The Morgan fingerprint density at radius 3 is 2.45 bits per heavy atom. The van der Waals surface area contributed by atoms with Gasteiger partial charge in [-0.25, -0.2) is 19.5 Å². The van der Waals surface area contributed by atoms with Crippen LogP contribution in [0.25, 0.3) is 28.0 Å². The van der Waals surface area contributed by atoms with Gasteiger partial charge in [-0.2, -0.15) is 5.10 Å². The van der Waals surface area contributed by atoms with Gasteiger partial charge in [0, 0.05) is 29.2 Å². The number of benzene rings is 1. The lowest BCUT2D eigenvalue weighted by molar-refractivity contribution is 0.935. The van der Waals surface area contributed by atoms with Crippen LogP contribution in [0.15, 0.2) is 61.3 Å². The van der Waals surface area contributed by atoms with Crippen molar-refractivity contribution in [3.05, 3.63) is 67.0 Å². The van der Waals surface area contributed by atoms with Crippen molar-refractivity contribution in [1.29, 1.82) is 0 Å². The molecule has 0 aliphatic carbocycles. The van der Waals surface area contributed by atoms with Crippen LogP contribution in [-0.4, -0.2) is 24.6 Å². The van der Waals surface area contributed by atoms with E-state index in [2.05, 4.69) is 32.2 Å². The summed E-state index contributed by atoms with van der Waals surface area (Å²) in [5, 5.41) is 4.51. The first-order valence-electron chi connectivity index (χ1n) is 6.99. The first kappa shape index (κ1) is 12.6. The SMILES string of the molecule is Cc1cc(-c2cncnc2)n2ncc(-c3ccccc3)c2n1. The summed E-state index contributed by atoms with van der Waals surface area (Å²) in [5.74, 6) is 0. The summed E-state index contributed by atoms with van der Waals surface area (Å²) >= 11 is 0. The van der Waals surface area contributed by atoms with Gasteiger partial charge in [0.25, 0.3) is 0 Å². The smallest absolute Gasteiger partial charge is 0.163 e. The Labute approximate surface area is 127 Å². The van der Waals surface area contributed by atoms with Crippen LogP contribution in [-0.2, 0) is 0 Å². The summed E-state index contributed by atoms with van der Waals surface area (Å²) in [6.07, 6.45) is 6.94. The minimum Gasteiger partial charge on any atom is -0.244 e. The zero-order valence-electron chi connectivity index (χ0n) is 12.0. The van der Waals surface area contributed by atoms with E-state index in [0.717, 1.165) is 33.7 Å². The van der Waals surface area contributed by atoms with Crippen LogP contribution in [0, 0.1) is 6.92 Å². The number of nitrogens with zero attached hydrogens (tertiary/aromatic N) is 5. The summed E-state index contributed by atoms with van der Waals surface area (Å²) in [4.78, 5) is 12.8. The monoisotopic (exact) mass is 287 g/mol. The first-order valence-corrected chi connectivity index (χ1v) is 6.99. The van der Waals surface area contributed by atoms with Crippen LogP contribution in [0.2, 0.25) is 0 Å². The number of hydrogen-bond donors (Lipinski definition) is 0. The largest absolute Gasteiger partial charge is 0.244 e. The van der Waals surface area contributed by atoms with Crippen LogP contribution < -0.4 is 0 Å². The number of aromatic nitrogens is 5. The van der Waals surface area contributed by atoms with Gasteiger partial charge in [0.05, 0.1) is 11.9 Å². The van der Waals surface area contributed by atoms with Gasteiger partial charge >= 0.3 is 0 Å². The highest BCUT2D eigenvalue weighted by atomic mass is 15.3. The van der Waals surface area contributed by atoms with E-state index in [1.807, 2.05) is 41.9 Å². The summed E-state index contributed by atoms with van der Waals surface area (Å²) in [5.41, 5.74) is 5.74. The third-order valence-corrected chi connectivity index (χ3v) is 3.54. The Morgan fingerprint density at radius 1 is 0.909 bits per heavy atom. The van der Waals surface area contributed by atoms with Crippen LogP contribution in [0.5, 0.6) is 0 Å². The fourth-order valence-corrected chi connectivity index (χ4v) is 2.54. The molecule has 0 amide bonds. The Kier molecular flexibility index (Phi) is 2.89. The molecule has 0 fully saturated rings. The average Bonchev–Trinajstić information content (AvgIpc) is 2.99. The highest BCUT2D eigenvalue weighted by molar-refractivity contribution is 5.79. The second-order valence-electron chi connectivity index (χ2n) is 5.07. The molecule has 5 nitrogen and oxygen atoms in total. The minimum atomic E-state index is 0.838. The second kappa shape index (κ2) is 5.04. The van der Waals surface area contributed by atoms with Gasteiger partial charge in [0.1, 0.15) is 6.33 Å². The number of fused-ring (bicyclic) bond motifs is 1. The molecular formula is C17H13N5. The molecule has 5 heteroatoms. The Bertz CT molecular complexity index is 929. The van der Waals surface area contributed by atoms with Crippen molar-refractivity contribution in [1.82, 2.24) is 24.6 Å². The molecule has 3 heterocycles. The predicted molar refractivity (Wildman–Crippen MR) is 84.2 cm³/mol. The van der Waals surface area contributed by atoms with Gasteiger partial charge in [0.2, 0.25) is 0 Å². The van der Waals surface area contributed by atoms with E-state index in [9.17, 15) is 0 Å². The van der Waals surface area contributed by atoms with Crippen LogP contribution in [0.3, 0.4) is 0 Å². The van der Waals surface area contributed by atoms with Crippen molar-refractivity contribution in [2.75, 3.05) is 0 Å². The molecule has 0 bridgehead atoms. The lowest BCUT2D eigenvalue weighted by atomic mass is 10.1. The third kappa shape index (κ3) is 2.03. The molecule has 0 aliphatic rings. The molecular weight excluding hydrogens is 274 g/mol. The van der Waals surface area contributed by atoms with Crippen LogP contribution >= 0.6 is 0 Å². The Balaban J connectivity index is 2.00. The maximum Gasteiger partial charge on any atom is 0.163 e. The Morgan fingerprint density at radius 2 is 1.68 bits per heavy atom. The molecule has 22 heavy (non-hydrogen) atoms. The summed E-state index contributed by atoms with van der Waals surface area (Å²) in [6, 6.07) is 12.1. The van der Waals surface area contributed by atoms with Gasteiger partial charge in [-0.05, 0) is 18.6 Å². The highest BCUT2D eigenvalue weighted by Gasteiger charge is 2.13. The van der Waals surface area contributed by atoms with Crippen molar-refractivity contribution in [2.45, 2.75) is 6.92 Å². The fourth-order valence-electron chi connectivity index (χ4n) is 2.54. The van der Waals surface area contributed by atoms with Gasteiger partial charge in [-0.15, -0.1) is 0 Å². The maximum absolute atomic E-state index is 4.66. The first-order chi connectivity index (χ1) is 10.8. The molecule has 0 saturated carbocycles. The van der Waals surface area contributed by atoms with Crippen LogP contribution in [0.4, 0.5) is 0 Å². The lowest BCUT2D eigenvalue weighted by Crippen LogP contribution is -1.99. The van der Waals surface area contributed by atoms with Crippen molar-refractivity contribution in [3.8, 4) is 22.4 Å². The van der Waals surface area contributed by atoms with Crippen molar-refractivity contribution >= 4 is 5.65 Å². The highest BCUT2D eigenvalue weighted by Crippen LogP contribution is 2.27. The lowest BCUT2D eigenvalue weighted by Gasteiger charge is -2.06. The molecule has 0 aliphatic heterocycles.